The zero-order valence-electron chi connectivity index (χ0n) is 15.7. The number of halogens is 2. The molecule has 150 valence electrons. The summed E-state index contributed by atoms with van der Waals surface area (Å²) in [7, 11) is 1.62. The first-order chi connectivity index (χ1) is 14.0. The molecule has 8 heteroatoms. The summed E-state index contributed by atoms with van der Waals surface area (Å²) in [5.74, 6) is -0.181. The number of methoxy groups -OCH3 is 1. The number of hydrazine groups is 1. The maximum atomic E-state index is 13.5. The van der Waals surface area contributed by atoms with Crippen LogP contribution in [0, 0.1) is 5.92 Å². The van der Waals surface area contributed by atoms with Crippen molar-refractivity contribution in [3.8, 4) is 5.75 Å². The second-order valence-electron chi connectivity index (χ2n) is 7.48. The van der Waals surface area contributed by atoms with Crippen molar-refractivity contribution < 1.29 is 14.3 Å². The van der Waals surface area contributed by atoms with E-state index in [0.29, 0.717) is 15.7 Å². The Bertz CT molecular complexity index is 997. The molecule has 0 bridgehead atoms. The summed E-state index contributed by atoms with van der Waals surface area (Å²) in [5, 5.41) is 4.98. The zero-order chi connectivity index (χ0) is 20.3. The highest BCUT2D eigenvalue weighted by atomic mass is 35.5. The molecule has 2 amide bonds. The number of hydrogen-bond donors (Lipinski definition) is 0. The van der Waals surface area contributed by atoms with Crippen LogP contribution in [0.2, 0.25) is 10.0 Å². The average molecular weight is 432 g/mol. The van der Waals surface area contributed by atoms with Gasteiger partial charge in [0.05, 0.1) is 29.8 Å². The third kappa shape index (κ3) is 2.78. The number of hydrogen-bond acceptors (Lipinski definition) is 5. The largest absolute Gasteiger partial charge is 0.497 e. The van der Waals surface area contributed by atoms with Crippen LogP contribution in [0.1, 0.15) is 18.0 Å². The Morgan fingerprint density at radius 1 is 0.931 bits per heavy atom. The van der Waals surface area contributed by atoms with Gasteiger partial charge in [-0.1, -0.05) is 35.3 Å². The number of benzene rings is 2. The summed E-state index contributed by atoms with van der Waals surface area (Å²) in [6, 6.07) is 11.8. The Balaban J connectivity index is 1.57. The highest BCUT2D eigenvalue weighted by Crippen LogP contribution is 2.49. The predicted molar refractivity (Wildman–Crippen MR) is 110 cm³/mol. The fourth-order valence-corrected chi connectivity index (χ4v) is 5.31. The Kier molecular flexibility index (Phi) is 4.55. The van der Waals surface area contributed by atoms with E-state index in [1.807, 2.05) is 24.3 Å². The molecule has 3 fully saturated rings. The Labute approximate surface area is 178 Å². The van der Waals surface area contributed by atoms with Gasteiger partial charge in [-0.05, 0) is 42.3 Å². The lowest BCUT2D eigenvalue weighted by Crippen LogP contribution is -2.44. The van der Waals surface area contributed by atoms with Crippen LogP contribution < -0.4 is 9.64 Å². The van der Waals surface area contributed by atoms with Crippen LogP contribution in [-0.4, -0.2) is 48.1 Å². The van der Waals surface area contributed by atoms with Crippen molar-refractivity contribution in [2.45, 2.75) is 18.5 Å². The molecule has 3 saturated heterocycles. The van der Waals surface area contributed by atoms with Gasteiger partial charge in [0.25, 0.3) is 5.91 Å². The average Bonchev–Trinajstić information content (AvgIpc) is 3.35. The van der Waals surface area contributed by atoms with Crippen LogP contribution in [0.4, 0.5) is 5.69 Å². The van der Waals surface area contributed by atoms with Gasteiger partial charge in [0, 0.05) is 18.1 Å². The molecule has 3 atom stereocenters. The van der Waals surface area contributed by atoms with E-state index in [9.17, 15) is 9.59 Å². The second-order valence-corrected chi connectivity index (χ2v) is 8.32. The molecule has 3 heterocycles. The molecule has 0 radical (unpaired) electrons. The minimum Gasteiger partial charge on any atom is -0.497 e. The first-order valence-electron chi connectivity index (χ1n) is 9.51. The van der Waals surface area contributed by atoms with Crippen molar-refractivity contribution in [1.82, 2.24) is 10.0 Å². The van der Waals surface area contributed by atoms with Crippen LogP contribution in [0.3, 0.4) is 0 Å². The molecule has 0 aromatic heterocycles. The van der Waals surface area contributed by atoms with Gasteiger partial charge in [-0.25, -0.2) is 14.9 Å². The van der Waals surface area contributed by atoms with Gasteiger partial charge in [0.2, 0.25) is 5.91 Å². The van der Waals surface area contributed by atoms with Crippen molar-refractivity contribution in [2.24, 2.45) is 5.92 Å². The third-order valence-corrected chi connectivity index (χ3v) is 6.55. The minimum atomic E-state index is -0.510. The number of nitrogens with zero attached hydrogens (tertiary/aromatic N) is 3. The Hall–Kier alpha value is -2.12. The number of anilines is 1. The number of carbonyl (C=O) groups excluding carboxylic acids is 2. The van der Waals surface area contributed by atoms with Crippen LogP contribution in [0.25, 0.3) is 0 Å². The van der Waals surface area contributed by atoms with Crippen LogP contribution in [0.5, 0.6) is 5.75 Å². The number of rotatable bonds is 3. The summed E-state index contributed by atoms with van der Waals surface area (Å²) < 4.78 is 5.26. The molecular formula is C21H19Cl2N3O3. The number of ether oxygens (including phenoxy) is 1. The van der Waals surface area contributed by atoms with E-state index in [4.69, 9.17) is 27.9 Å². The van der Waals surface area contributed by atoms with E-state index in [0.717, 1.165) is 30.8 Å². The lowest BCUT2D eigenvalue weighted by molar-refractivity contribution is -0.126. The molecule has 3 aliphatic rings. The lowest BCUT2D eigenvalue weighted by Gasteiger charge is -2.30. The van der Waals surface area contributed by atoms with E-state index in [1.165, 1.54) is 4.90 Å². The normalized spacial score (nSPS) is 26.9. The van der Waals surface area contributed by atoms with Gasteiger partial charge < -0.3 is 4.74 Å². The first kappa shape index (κ1) is 18.9. The van der Waals surface area contributed by atoms with E-state index in [-0.39, 0.29) is 17.9 Å². The molecular weight excluding hydrogens is 413 g/mol. The summed E-state index contributed by atoms with van der Waals surface area (Å²) in [4.78, 5) is 28.1. The fourth-order valence-electron chi connectivity index (χ4n) is 4.81. The molecule has 0 unspecified atom stereocenters. The summed E-state index contributed by atoms with van der Waals surface area (Å²) in [6.45, 7) is 1.58. The lowest BCUT2D eigenvalue weighted by atomic mass is 9.90. The molecule has 2 aromatic rings. The summed E-state index contributed by atoms with van der Waals surface area (Å²) in [5.41, 5.74) is 1.38. The van der Waals surface area contributed by atoms with Crippen LogP contribution in [0.15, 0.2) is 42.5 Å². The van der Waals surface area contributed by atoms with E-state index in [1.54, 1.807) is 25.3 Å². The summed E-state index contributed by atoms with van der Waals surface area (Å²) >= 11 is 12.3. The molecule has 3 aliphatic heterocycles. The standard InChI is InChI=1S/C21H19Cl2N3O3/c1-29-14-6-3-12(4-7-14)18-17-19(25-10-2-9-24(18)25)21(28)26(20(17)27)16-8-5-13(22)11-15(16)23/h3-8,11,17-19H,2,9-10H2,1H3/t17-,18-,19+/m1/s1. The maximum Gasteiger partial charge on any atom is 0.253 e. The minimum absolute atomic E-state index is 0.194. The van der Waals surface area contributed by atoms with Crippen LogP contribution in [-0.2, 0) is 9.59 Å². The number of fused-ring (bicyclic) bond motifs is 3. The molecule has 5 rings (SSSR count). The maximum absolute atomic E-state index is 13.5. The summed E-state index contributed by atoms with van der Waals surface area (Å²) in [6.07, 6.45) is 0.957. The second kappa shape index (κ2) is 6.99. The van der Waals surface area contributed by atoms with Crippen molar-refractivity contribution in [1.29, 1.82) is 0 Å². The topological polar surface area (TPSA) is 53.1 Å². The molecule has 29 heavy (non-hydrogen) atoms. The predicted octanol–water partition coefficient (Wildman–Crippen LogP) is 3.54. The highest BCUT2D eigenvalue weighted by Gasteiger charge is 2.63. The van der Waals surface area contributed by atoms with Gasteiger partial charge >= 0.3 is 0 Å². The molecule has 2 aromatic carbocycles. The Morgan fingerprint density at radius 2 is 1.62 bits per heavy atom. The smallest absolute Gasteiger partial charge is 0.253 e. The Morgan fingerprint density at radius 3 is 2.28 bits per heavy atom. The van der Waals surface area contributed by atoms with E-state index < -0.39 is 12.0 Å². The number of imide groups is 1. The van der Waals surface area contributed by atoms with Gasteiger partial charge in [0.15, 0.2) is 0 Å². The van der Waals surface area contributed by atoms with E-state index >= 15 is 0 Å². The van der Waals surface area contributed by atoms with Crippen molar-refractivity contribution in [3.63, 3.8) is 0 Å². The fraction of sp³-hybridized carbons (Fsp3) is 0.333. The zero-order valence-corrected chi connectivity index (χ0v) is 17.2. The highest BCUT2D eigenvalue weighted by molar-refractivity contribution is 6.38. The quantitative estimate of drug-likeness (QED) is 0.695. The van der Waals surface area contributed by atoms with E-state index in [2.05, 4.69) is 10.0 Å². The number of amides is 2. The van der Waals surface area contributed by atoms with Crippen LogP contribution >= 0.6 is 23.2 Å². The van der Waals surface area contributed by atoms with Crippen molar-refractivity contribution in [2.75, 3.05) is 25.1 Å². The van der Waals surface area contributed by atoms with Crippen molar-refractivity contribution in [3.05, 3.63) is 58.1 Å². The molecule has 0 saturated carbocycles. The molecule has 0 spiro atoms. The van der Waals surface area contributed by atoms with Gasteiger partial charge in [-0.2, -0.15) is 0 Å². The van der Waals surface area contributed by atoms with Gasteiger partial charge in [-0.3, -0.25) is 9.59 Å². The van der Waals surface area contributed by atoms with Gasteiger partial charge in [-0.15, -0.1) is 0 Å². The molecule has 0 N–H and O–H groups in total. The SMILES string of the molecule is COc1ccc([C@@H]2[C@H]3C(=O)N(c4ccc(Cl)cc4Cl)C(=O)[C@H]3N3CCCN23)cc1. The third-order valence-electron chi connectivity index (χ3n) is 6.01. The molecule has 6 nitrogen and oxygen atoms in total. The van der Waals surface area contributed by atoms with Crippen molar-refractivity contribution >= 4 is 40.7 Å². The number of carbonyl (C=O) groups is 2. The molecule has 0 aliphatic carbocycles. The monoisotopic (exact) mass is 431 g/mol. The first-order valence-corrected chi connectivity index (χ1v) is 10.3. The van der Waals surface area contributed by atoms with Gasteiger partial charge in [0.1, 0.15) is 11.8 Å².